The average molecular weight is 328 g/mol. The molecule has 116 valence electrons. The number of carbonyl (C=O) groups excluding carboxylic acids is 1. The summed E-state index contributed by atoms with van der Waals surface area (Å²) in [6.45, 7) is 0. The number of hydrogen-bond acceptors (Lipinski definition) is 5. The van der Waals surface area contributed by atoms with Crippen LogP contribution in [0.25, 0.3) is 0 Å². The van der Waals surface area contributed by atoms with Crippen molar-refractivity contribution in [3.63, 3.8) is 0 Å². The van der Waals surface area contributed by atoms with Gasteiger partial charge in [-0.25, -0.2) is 4.98 Å². The van der Waals surface area contributed by atoms with E-state index in [2.05, 4.69) is 10.3 Å². The van der Waals surface area contributed by atoms with Crippen LogP contribution >= 0.6 is 23.1 Å². The zero-order valence-corrected chi connectivity index (χ0v) is 13.5. The van der Waals surface area contributed by atoms with Crippen molar-refractivity contribution < 1.29 is 14.7 Å². The quantitative estimate of drug-likeness (QED) is 0.804. The number of thiazole rings is 1. The highest BCUT2D eigenvalue weighted by Gasteiger charge is 2.18. The number of carbonyl (C=O) groups is 2. The number of nitrogens with one attached hydrogen (secondary N) is 1. The van der Waals surface area contributed by atoms with Crippen molar-refractivity contribution in [3.05, 3.63) is 11.1 Å². The number of carboxylic acid groups (broad SMARTS) is 1. The molecule has 2 N–H and O–H groups in total. The Balaban J connectivity index is 1.73. The van der Waals surface area contributed by atoms with Crippen molar-refractivity contribution in [2.24, 2.45) is 5.92 Å². The summed E-state index contributed by atoms with van der Waals surface area (Å²) in [5.74, 6) is 2.07. The molecule has 0 aliphatic carbocycles. The van der Waals surface area contributed by atoms with E-state index in [1.54, 1.807) is 0 Å². The number of amides is 1. The molecule has 1 saturated heterocycles. The Morgan fingerprint density at radius 1 is 1.38 bits per heavy atom. The summed E-state index contributed by atoms with van der Waals surface area (Å²) in [6.07, 6.45) is 4.19. The van der Waals surface area contributed by atoms with Gasteiger partial charge in [0, 0.05) is 18.2 Å². The maximum Gasteiger partial charge on any atom is 0.303 e. The smallest absolute Gasteiger partial charge is 0.303 e. The molecule has 7 heteroatoms. The first kappa shape index (κ1) is 16.3. The number of hydrogen-bond donors (Lipinski definition) is 2. The molecular formula is C14H20N2O3S2. The lowest BCUT2D eigenvalue weighted by atomic mass is 9.99. The fourth-order valence-electron chi connectivity index (χ4n) is 2.28. The van der Waals surface area contributed by atoms with Gasteiger partial charge in [0.05, 0.1) is 5.69 Å². The Morgan fingerprint density at radius 3 is 2.86 bits per heavy atom. The third-order valence-corrected chi connectivity index (χ3v) is 5.29. The van der Waals surface area contributed by atoms with Crippen LogP contribution in [0.15, 0.2) is 5.38 Å². The summed E-state index contributed by atoms with van der Waals surface area (Å²) in [5.41, 5.74) is 0.852. The van der Waals surface area contributed by atoms with Crippen LogP contribution in [0.2, 0.25) is 0 Å². The number of anilines is 1. The normalized spacial score (nSPS) is 15.8. The SMILES string of the molecule is O=C(O)CCCc1csc(NC(=O)CC2CCSCC2)n1. The van der Waals surface area contributed by atoms with E-state index in [-0.39, 0.29) is 12.3 Å². The van der Waals surface area contributed by atoms with Crippen LogP contribution < -0.4 is 5.32 Å². The molecule has 1 fully saturated rings. The molecule has 21 heavy (non-hydrogen) atoms. The van der Waals surface area contributed by atoms with Gasteiger partial charge in [-0.15, -0.1) is 11.3 Å². The van der Waals surface area contributed by atoms with E-state index in [1.165, 1.54) is 11.3 Å². The third-order valence-electron chi connectivity index (χ3n) is 3.44. The molecule has 5 nitrogen and oxygen atoms in total. The van der Waals surface area contributed by atoms with Crippen molar-refractivity contribution in [2.75, 3.05) is 16.8 Å². The van der Waals surface area contributed by atoms with Crippen molar-refractivity contribution in [2.45, 2.75) is 38.5 Å². The average Bonchev–Trinajstić information content (AvgIpc) is 2.86. The van der Waals surface area contributed by atoms with Crippen LogP contribution in [-0.2, 0) is 16.0 Å². The maximum atomic E-state index is 12.0. The number of rotatable bonds is 7. The predicted octanol–water partition coefficient (Wildman–Crippen LogP) is 3.02. The Kier molecular flexibility index (Phi) is 6.50. The van der Waals surface area contributed by atoms with E-state index >= 15 is 0 Å². The van der Waals surface area contributed by atoms with Crippen LogP contribution in [0.1, 0.15) is 37.8 Å². The number of thioether (sulfide) groups is 1. The lowest BCUT2D eigenvalue weighted by Gasteiger charge is -2.20. The summed E-state index contributed by atoms with van der Waals surface area (Å²) in [6, 6.07) is 0. The first-order chi connectivity index (χ1) is 10.1. The van der Waals surface area contributed by atoms with Crippen LogP contribution in [0, 0.1) is 5.92 Å². The van der Waals surface area contributed by atoms with Gasteiger partial charge < -0.3 is 10.4 Å². The van der Waals surface area contributed by atoms with Gasteiger partial charge in [-0.2, -0.15) is 11.8 Å². The van der Waals surface area contributed by atoms with Gasteiger partial charge >= 0.3 is 5.97 Å². The molecule has 0 aromatic carbocycles. The van der Waals surface area contributed by atoms with Gasteiger partial charge in [0.1, 0.15) is 0 Å². The van der Waals surface area contributed by atoms with E-state index in [4.69, 9.17) is 5.11 Å². The monoisotopic (exact) mass is 328 g/mol. The third kappa shape index (κ3) is 6.05. The van der Waals surface area contributed by atoms with E-state index < -0.39 is 5.97 Å². The second-order valence-corrected chi connectivity index (χ2v) is 7.28. The molecule has 0 bridgehead atoms. The Bertz CT molecular complexity index is 484. The van der Waals surface area contributed by atoms with E-state index in [0.717, 1.165) is 30.0 Å². The number of nitrogens with zero attached hydrogens (tertiary/aromatic N) is 1. The van der Waals surface area contributed by atoms with Crippen LogP contribution in [0.4, 0.5) is 5.13 Å². The molecule has 0 saturated carbocycles. The summed E-state index contributed by atoms with van der Waals surface area (Å²) in [4.78, 5) is 26.7. The second kappa shape index (κ2) is 8.38. The number of aliphatic carboxylic acids is 1. The number of aromatic nitrogens is 1. The standard InChI is InChI=1S/C14H20N2O3S2/c17-12(8-10-4-6-20-7-5-10)16-14-15-11(9-21-14)2-1-3-13(18)19/h9-10H,1-8H2,(H,18,19)(H,15,16,17). The first-order valence-electron chi connectivity index (χ1n) is 7.17. The zero-order valence-electron chi connectivity index (χ0n) is 11.8. The Morgan fingerprint density at radius 2 is 2.14 bits per heavy atom. The zero-order chi connectivity index (χ0) is 15.1. The van der Waals surface area contributed by atoms with Crippen LogP contribution in [0.3, 0.4) is 0 Å². The van der Waals surface area contributed by atoms with Gasteiger partial charge in [0.25, 0.3) is 0 Å². The Hall–Kier alpha value is -1.08. The molecule has 0 radical (unpaired) electrons. The molecule has 1 aliphatic rings. The molecule has 0 spiro atoms. The maximum absolute atomic E-state index is 12.0. The van der Waals surface area contributed by atoms with E-state index in [9.17, 15) is 9.59 Å². The largest absolute Gasteiger partial charge is 0.481 e. The van der Waals surface area contributed by atoms with Gasteiger partial charge in [0.2, 0.25) is 5.91 Å². The van der Waals surface area contributed by atoms with Crippen molar-refractivity contribution in [1.29, 1.82) is 0 Å². The number of carboxylic acids is 1. The highest BCUT2D eigenvalue weighted by Crippen LogP contribution is 2.26. The summed E-state index contributed by atoms with van der Waals surface area (Å²) < 4.78 is 0. The van der Waals surface area contributed by atoms with Gasteiger partial charge in [-0.3, -0.25) is 9.59 Å². The minimum absolute atomic E-state index is 0.0401. The molecular weight excluding hydrogens is 308 g/mol. The predicted molar refractivity (Wildman–Crippen MR) is 86.0 cm³/mol. The molecule has 1 aromatic rings. The highest BCUT2D eigenvalue weighted by atomic mass is 32.2. The van der Waals surface area contributed by atoms with Gasteiger partial charge in [0.15, 0.2) is 5.13 Å². The van der Waals surface area contributed by atoms with Crippen LogP contribution in [-0.4, -0.2) is 33.5 Å². The van der Waals surface area contributed by atoms with Crippen molar-refractivity contribution in [1.82, 2.24) is 4.98 Å². The first-order valence-corrected chi connectivity index (χ1v) is 9.20. The van der Waals surface area contributed by atoms with E-state index in [1.807, 2.05) is 17.1 Å². The van der Waals surface area contributed by atoms with Gasteiger partial charge in [-0.1, -0.05) is 0 Å². The van der Waals surface area contributed by atoms with E-state index in [0.29, 0.717) is 30.3 Å². The molecule has 2 rings (SSSR count). The molecule has 1 amide bonds. The fourth-order valence-corrected chi connectivity index (χ4v) is 4.25. The summed E-state index contributed by atoms with van der Waals surface area (Å²) in [7, 11) is 0. The molecule has 2 heterocycles. The molecule has 1 aromatic heterocycles. The highest BCUT2D eigenvalue weighted by molar-refractivity contribution is 7.99. The van der Waals surface area contributed by atoms with Crippen LogP contribution in [0.5, 0.6) is 0 Å². The molecule has 1 aliphatic heterocycles. The molecule has 0 unspecified atom stereocenters. The lowest BCUT2D eigenvalue weighted by Crippen LogP contribution is -2.19. The minimum atomic E-state index is -0.788. The van der Waals surface area contributed by atoms with Crippen molar-refractivity contribution >= 4 is 40.1 Å². The lowest BCUT2D eigenvalue weighted by molar-refractivity contribution is -0.137. The Labute approximate surface area is 132 Å². The number of aryl methyl sites for hydroxylation is 1. The summed E-state index contributed by atoms with van der Waals surface area (Å²) in [5, 5.41) is 14.0. The van der Waals surface area contributed by atoms with Gasteiger partial charge in [-0.05, 0) is 43.1 Å². The minimum Gasteiger partial charge on any atom is -0.481 e. The fraction of sp³-hybridized carbons (Fsp3) is 0.643. The molecule has 0 atom stereocenters. The summed E-state index contributed by atoms with van der Waals surface area (Å²) >= 11 is 3.36. The topological polar surface area (TPSA) is 79.3 Å². The van der Waals surface area contributed by atoms with Crippen molar-refractivity contribution in [3.8, 4) is 0 Å². The second-order valence-electron chi connectivity index (χ2n) is 5.20.